The third-order valence-electron chi connectivity index (χ3n) is 5.37. The van der Waals surface area contributed by atoms with E-state index in [1.807, 2.05) is 0 Å². The Morgan fingerprint density at radius 1 is 0.769 bits per heavy atom. The van der Waals surface area contributed by atoms with Crippen molar-refractivity contribution in [3.05, 3.63) is 35.9 Å². The highest BCUT2D eigenvalue weighted by Gasteiger charge is 2.10. The molecular formula is C24H40O2. The van der Waals surface area contributed by atoms with E-state index in [-0.39, 0.29) is 0 Å². The number of hydrogen-bond donors (Lipinski definition) is 1. The van der Waals surface area contributed by atoms with Crippen molar-refractivity contribution >= 4 is 5.97 Å². The van der Waals surface area contributed by atoms with E-state index >= 15 is 0 Å². The van der Waals surface area contributed by atoms with Crippen LogP contribution < -0.4 is 0 Å². The molecule has 0 aliphatic heterocycles. The van der Waals surface area contributed by atoms with Crippen LogP contribution in [-0.4, -0.2) is 11.1 Å². The molecule has 1 unspecified atom stereocenters. The molecule has 2 heteroatoms. The normalized spacial score (nSPS) is 12.2. The summed E-state index contributed by atoms with van der Waals surface area (Å²) in [5.41, 5.74) is 1.52. The van der Waals surface area contributed by atoms with Crippen molar-refractivity contribution in [2.24, 2.45) is 0 Å². The number of carbonyl (C=O) groups is 1. The van der Waals surface area contributed by atoms with Gasteiger partial charge in [0.2, 0.25) is 0 Å². The monoisotopic (exact) mass is 360 g/mol. The van der Waals surface area contributed by atoms with E-state index < -0.39 is 5.97 Å². The van der Waals surface area contributed by atoms with Gasteiger partial charge in [0.15, 0.2) is 0 Å². The molecule has 1 aromatic rings. The molecule has 0 saturated carbocycles. The van der Waals surface area contributed by atoms with E-state index in [1.54, 1.807) is 0 Å². The molecule has 0 fully saturated rings. The molecule has 1 atom stereocenters. The van der Waals surface area contributed by atoms with Gasteiger partial charge in [-0.05, 0) is 30.7 Å². The second-order valence-electron chi connectivity index (χ2n) is 7.72. The van der Waals surface area contributed by atoms with Gasteiger partial charge in [0.05, 0.1) is 0 Å². The van der Waals surface area contributed by atoms with E-state index in [9.17, 15) is 4.79 Å². The van der Waals surface area contributed by atoms with Gasteiger partial charge < -0.3 is 5.11 Å². The Bertz CT molecular complexity index is 441. The zero-order chi connectivity index (χ0) is 18.9. The van der Waals surface area contributed by atoms with Crippen molar-refractivity contribution in [3.63, 3.8) is 0 Å². The van der Waals surface area contributed by atoms with Crippen LogP contribution in [0.15, 0.2) is 30.3 Å². The summed E-state index contributed by atoms with van der Waals surface area (Å²) in [5.74, 6) is 0.0695. The average molecular weight is 361 g/mol. The first-order valence-electron chi connectivity index (χ1n) is 11.0. The number of carboxylic acids is 1. The Kier molecular flexibility index (Phi) is 13.9. The zero-order valence-electron chi connectivity index (χ0n) is 16.9. The maximum atomic E-state index is 10.5. The number of aliphatic carboxylic acids is 1. The molecule has 0 aliphatic carbocycles. The van der Waals surface area contributed by atoms with E-state index in [4.69, 9.17) is 5.11 Å². The van der Waals surface area contributed by atoms with Gasteiger partial charge in [-0.25, -0.2) is 0 Å². The minimum Gasteiger partial charge on any atom is -0.481 e. The minimum absolute atomic E-state index is 0.330. The summed E-state index contributed by atoms with van der Waals surface area (Å²) in [6.45, 7) is 2.28. The van der Waals surface area contributed by atoms with Crippen LogP contribution in [0.3, 0.4) is 0 Å². The molecule has 0 saturated heterocycles. The maximum absolute atomic E-state index is 10.5. The topological polar surface area (TPSA) is 37.3 Å². The van der Waals surface area contributed by atoms with Crippen molar-refractivity contribution < 1.29 is 9.90 Å². The molecule has 0 amide bonds. The van der Waals surface area contributed by atoms with E-state index in [0.717, 1.165) is 18.8 Å². The van der Waals surface area contributed by atoms with Crippen molar-refractivity contribution in [2.75, 3.05) is 0 Å². The Labute approximate surface area is 161 Å². The van der Waals surface area contributed by atoms with Crippen molar-refractivity contribution in [1.82, 2.24) is 0 Å². The molecule has 1 rings (SSSR count). The quantitative estimate of drug-likeness (QED) is 0.289. The summed E-state index contributed by atoms with van der Waals surface area (Å²) < 4.78 is 0. The predicted molar refractivity (Wildman–Crippen MR) is 112 cm³/mol. The van der Waals surface area contributed by atoms with Crippen LogP contribution >= 0.6 is 0 Å². The molecule has 0 aliphatic rings. The van der Waals surface area contributed by atoms with Gasteiger partial charge in [-0.2, -0.15) is 0 Å². The van der Waals surface area contributed by atoms with E-state index in [1.165, 1.54) is 82.6 Å². The fraction of sp³-hybridized carbons (Fsp3) is 0.708. The molecule has 0 spiro atoms. The number of carboxylic acid groups (broad SMARTS) is 1. The largest absolute Gasteiger partial charge is 0.481 e. The molecule has 148 valence electrons. The van der Waals surface area contributed by atoms with Crippen LogP contribution in [0, 0.1) is 0 Å². The minimum atomic E-state index is -0.661. The van der Waals surface area contributed by atoms with E-state index in [0.29, 0.717) is 6.42 Å². The van der Waals surface area contributed by atoms with Crippen molar-refractivity contribution in [3.8, 4) is 0 Å². The summed E-state index contributed by atoms with van der Waals surface area (Å²) in [6.07, 6.45) is 18.1. The molecule has 0 aromatic heterocycles. The highest BCUT2D eigenvalue weighted by Crippen LogP contribution is 2.28. The smallest absolute Gasteiger partial charge is 0.303 e. The Balaban J connectivity index is 2.17. The predicted octanol–water partition coefficient (Wildman–Crippen LogP) is 7.73. The highest BCUT2D eigenvalue weighted by atomic mass is 16.4. The Hall–Kier alpha value is -1.31. The van der Waals surface area contributed by atoms with Crippen LogP contribution in [-0.2, 0) is 4.79 Å². The second kappa shape index (κ2) is 15.9. The second-order valence-corrected chi connectivity index (χ2v) is 7.72. The van der Waals surface area contributed by atoms with Crippen LogP contribution in [0.2, 0.25) is 0 Å². The molecule has 1 N–H and O–H groups in total. The molecule has 0 radical (unpaired) electrons. The van der Waals surface area contributed by atoms with Gasteiger partial charge in [-0.3, -0.25) is 4.79 Å². The average Bonchev–Trinajstić information content (AvgIpc) is 2.65. The molecule has 0 heterocycles. The summed E-state index contributed by atoms with van der Waals surface area (Å²) in [4.78, 5) is 10.5. The standard InChI is InChI=1S/C24H40O2/c1-2-3-4-8-12-17-22(23-19-14-11-15-20-23)18-13-9-6-5-7-10-16-21-24(25)26/h11,14-15,19-20,22H,2-10,12-13,16-18,21H2,1H3,(H,25,26). The fourth-order valence-corrected chi connectivity index (χ4v) is 3.75. The molecular weight excluding hydrogens is 320 g/mol. The van der Waals surface area contributed by atoms with Crippen LogP contribution in [0.5, 0.6) is 0 Å². The summed E-state index contributed by atoms with van der Waals surface area (Å²) in [6, 6.07) is 11.1. The number of hydrogen-bond acceptors (Lipinski definition) is 1. The molecule has 0 bridgehead atoms. The summed E-state index contributed by atoms with van der Waals surface area (Å²) >= 11 is 0. The number of benzene rings is 1. The summed E-state index contributed by atoms with van der Waals surface area (Å²) in [5, 5.41) is 8.64. The molecule has 1 aromatic carbocycles. The number of unbranched alkanes of at least 4 members (excludes halogenated alkanes) is 10. The maximum Gasteiger partial charge on any atom is 0.303 e. The van der Waals surface area contributed by atoms with Crippen LogP contribution in [0.1, 0.15) is 115 Å². The third-order valence-corrected chi connectivity index (χ3v) is 5.37. The lowest BCUT2D eigenvalue weighted by Gasteiger charge is -2.17. The first-order chi connectivity index (χ1) is 12.7. The summed E-state index contributed by atoms with van der Waals surface area (Å²) in [7, 11) is 0. The van der Waals surface area contributed by atoms with Gasteiger partial charge in [0, 0.05) is 6.42 Å². The fourth-order valence-electron chi connectivity index (χ4n) is 3.75. The highest BCUT2D eigenvalue weighted by molar-refractivity contribution is 5.66. The van der Waals surface area contributed by atoms with Gasteiger partial charge in [-0.15, -0.1) is 0 Å². The first-order valence-corrected chi connectivity index (χ1v) is 11.0. The molecule has 2 nitrogen and oxygen atoms in total. The number of rotatable bonds is 17. The van der Waals surface area contributed by atoms with Crippen LogP contribution in [0.4, 0.5) is 0 Å². The SMILES string of the molecule is CCCCCCCC(CCCCCCCCCC(=O)O)c1ccccc1. The third kappa shape index (κ3) is 12.1. The Morgan fingerprint density at radius 3 is 1.81 bits per heavy atom. The van der Waals surface area contributed by atoms with E-state index in [2.05, 4.69) is 37.3 Å². The van der Waals surface area contributed by atoms with Crippen molar-refractivity contribution in [2.45, 2.75) is 109 Å². The zero-order valence-corrected chi connectivity index (χ0v) is 16.9. The van der Waals surface area contributed by atoms with Gasteiger partial charge in [0.1, 0.15) is 0 Å². The lowest BCUT2D eigenvalue weighted by atomic mass is 9.88. The van der Waals surface area contributed by atoms with Gasteiger partial charge >= 0.3 is 5.97 Å². The Morgan fingerprint density at radius 2 is 1.27 bits per heavy atom. The van der Waals surface area contributed by atoms with Crippen LogP contribution in [0.25, 0.3) is 0 Å². The lowest BCUT2D eigenvalue weighted by Crippen LogP contribution is -1.99. The molecule has 26 heavy (non-hydrogen) atoms. The van der Waals surface area contributed by atoms with Gasteiger partial charge in [-0.1, -0.05) is 108 Å². The van der Waals surface area contributed by atoms with Crippen molar-refractivity contribution in [1.29, 1.82) is 0 Å². The lowest BCUT2D eigenvalue weighted by molar-refractivity contribution is -0.137. The van der Waals surface area contributed by atoms with Gasteiger partial charge in [0.25, 0.3) is 0 Å². The first kappa shape index (κ1) is 22.7.